The number of aromatic carboxylic acids is 1. The second-order valence-corrected chi connectivity index (χ2v) is 6.27. The molecule has 1 aliphatic rings. The first kappa shape index (κ1) is 14.5. The maximum absolute atomic E-state index is 11.1. The Morgan fingerprint density at radius 1 is 1.47 bits per heavy atom. The lowest BCUT2D eigenvalue weighted by atomic mass is 9.85. The van der Waals surface area contributed by atoms with Crippen LogP contribution in [0.15, 0.2) is 0 Å². The molecule has 0 spiro atoms. The summed E-state index contributed by atoms with van der Waals surface area (Å²) in [4.78, 5) is 16.2. The van der Waals surface area contributed by atoms with Gasteiger partial charge < -0.3 is 9.84 Å². The molecule has 106 valence electrons. The van der Waals surface area contributed by atoms with Crippen LogP contribution in [0.3, 0.4) is 0 Å². The number of carbonyl (C=O) groups is 1. The van der Waals surface area contributed by atoms with E-state index < -0.39 is 5.97 Å². The Balaban J connectivity index is 2.22. The van der Waals surface area contributed by atoms with E-state index in [0.29, 0.717) is 12.5 Å². The Labute approximate surface area is 117 Å². The molecule has 0 bridgehead atoms. The highest BCUT2D eigenvalue weighted by Crippen LogP contribution is 2.38. The third kappa shape index (κ3) is 3.34. The topological polar surface area (TPSA) is 59.4 Å². The molecule has 0 aromatic carbocycles. The van der Waals surface area contributed by atoms with Crippen LogP contribution in [0.5, 0.6) is 0 Å². The van der Waals surface area contributed by atoms with Crippen molar-refractivity contribution >= 4 is 17.3 Å². The van der Waals surface area contributed by atoms with E-state index in [1.165, 1.54) is 30.6 Å². The summed E-state index contributed by atoms with van der Waals surface area (Å²) in [5.41, 5.74) is 0.181. The largest absolute Gasteiger partial charge is 0.476 e. The van der Waals surface area contributed by atoms with Gasteiger partial charge in [0.2, 0.25) is 0 Å². The molecule has 1 unspecified atom stereocenters. The molecule has 0 amide bonds. The average molecular weight is 283 g/mol. The molecular formula is C14H21NO3S. The van der Waals surface area contributed by atoms with E-state index in [9.17, 15) is 4.79 Å². The molecule has 0 saturated heterocycles. The van der Waals surface area contributed by atoms with E-state index in [2.05, 4.69) is 4.98 Å². The van der Waals surface area contributed by atoms with Gasteiger partial charge >= 0.3 is 5.97 Å². The van der Waals surface area contributed by atoms with Crippen molar-refractivity contribution in [3.63, 3.8) is 0 Å². The van der Waals surface area contributed by atoms with Gasteiger partial charge in [0.1, 0.15) is 11.1 Å². The first-order chi connectivity index (χ1) is 9.13. The fourth-order valence-electron chi connectivity index (χ4n) is 2.76. The van der Waals surface area contributed by atoms with Gasteiger partial charge in [0.15, 0.2) is 5.69 Å². The number of ether oxygens (including phenoxy) is 1. The van der Waals surface area contributed by atoms with Crippen LogP contribution in [-0.4, -0.2) is 22.7 Å². The minimum atomic E-state index is -0.945. The molecule has 0 radical (unpaired) electrons. The molecule has 1 saturated carbocycles. The number of carboxylic acid groups (broad SMARTS) is 1. The summed E-state index contributed by atoms with van der Waals surface area (Å²) in [5.74, 6) is -0.459. The minimum Gasteiger partial charge on any atom is -0.476 e. The third-order valence-corrected chi connectivity index (χ3v) is 4.72. The van der Waals surface area contributed by atoms with Gasteiger partial charge in [0, 0.05) is 11.5 Å². The van der Waals surface area contributed by atoms with Crippen molar-refractivity contribution in [2.45, 2.75) is 52.1 Å². The van der Waals surface area contributed by atoms with Crippen LogP contribution >= 0.6 is 11.3 Å². The van der Waals surface area contributed by atoms with Crippen LogP contribution in [0, 0.1) is 12.8 Å². The molecular weight excluding hydrogens is 262 g/mol. The van der Waals surface area contributed by atoms with E-state index in [1.54, 1.807) is 0 Å². The van der Waals surface area contributed by atoms with Crippen LogP contribution in [0.1, 0.15) is 65.5 Å². The van der Waals surface area contributed by atoms with Crippen molar-refractivity contribution in [2.24, 2.45) is 5.92 Å². The molecule has 2 rings (SSSR count). The third-order valence-electron chi connectivity index (χ3n) is 3.68. The van der Waals surface area contributed by atoms with Gasteiger partial charge in [-0.1, -0.05) is 19.3 Å². The SMILES string of the molecule is CCOC(c1nc(C(=O)O)c(C)s1)C1CCCCC1. The molecule has 1 aliphatic carbocycles. The van der Waals surface area contributed by atoms with E-state index in [0.717, 1.165) is 22.7 Å². The maximum Gasteiger partial charge on any atom is 0.355 e. The Morgan fingerprint density at radius 3 is 2.68 bits per heavy atom. The second-order valence-electron chi connectivity index (χ2n) is 5.04. The minimum absolute atomic E-state index is 0.0258. The summed E-state index contributed by atoms with van der Waals surface area (Å²) in [6.45, 7) is 4.44. The summed E-state index contributed by atoms with van der Waals surface area (Å²) >= 11 is 1.47. The fourth-order valence-corrected chi connectivity index (χ4v) is 3.82. The summed E-state index contributed by atoms with van der Waals surface area (Å²) in [7, 11) is 0. The van der Waals surface area contributed by atoms with E-state index in [4.69, 9.17) is 9.84 Å². The zero-order valence-electron chi connectivity index (χ0n) is 11.5. The molecule has 19 heavy (non-hydrogen) atoms. The second kappa shape index (κ2) is 6.48. The first-order valence-electron chi connectivity index (χ1n) is 6.95. The quantitative estimate of drug-likeness (QED) is 0.892. The van der Waals surface area contributed by atoms with Gasteiger partial charge in [0.05, 0.1) is 0 Å². The van der Waals surface area contributed by atoms with Gasteiger partial charge in [-0.2, -0.15) is 0 Å². The number of carboxylic acids is 1. The molecule has 1 aromatic heterocycles. The monoisotopic (exact) mass is 283 g/mol. The lowest BCUT2D eigenvalue weighted by Gasteiger charge is -2.28. The lowest BCUT2D eigenvalue weighted by molar-refractivity contribution is 0.00540. The zero-order valence-corrected chi connectivity index (χ0v) is 12.3. The Kier molecular flexibility index (Phi) is 4.93. The van der Waals surface area contributed by atoms with Crippen molar-refractivity contribution in [3.05, 3.63) is 15.6 Å². The molecule has 1 heterocycles. The van der Waals surface area contributed by atoms with Gasteiger partial charge in [-0.05, 0) is 32.6 Å². The van der Waals surface area contributed by atoms with Crippen molar-refractivity contribution in [3.8, 4) is 0 Å². The molecule has 1 aromatic rings. The molecule has 5 heteroatoms. The number of rotatable bonds is 5. The molecule has 0 aliphatic heterocycles. The summed E-state index contributed by atoms with van der Waals surface area (Å²) < 4.78 is 5.87. The number of thiazole rings is 1. The van der Waals surface area contributed by atoms with Crippen LogP contribution in [-0.2, 0) is 4.74 Å². The van der Waals surface area contributed by atoms with Crippen LogP contribution in [0.4, 0.5) is 0 Å². The van der Waals surface area contributed by atoms with Gasteiger partial charge in [-0.25, -0.2) is 9.78 Å². The summed E-state index contributed by atoms with van der Waals surface area (Å²) in [6, 6.07) is 0. The van der Waals surface area contributed by atoms with Gasteiger partial charge in [0.25, 0.3) is 0 Å². The highest BCUT2D eigenvalue weighted by Gasteiger charge is 2.29. The Bertz CT molecular complexity index is 438. The average Bonchev–Trinajstić information content (AvgIpc) is 2.79. The highest BCUT2D eigenvalue weighted by atomic mass is 32.1. The molecule has 4 nitrogen and oxygen atoms in total. The van der Waals surface area contributed by atoms with Crippen molar-refractivity contribution in [1.82, 2.24) is 4.98 Å². The fraction of sp³-hybridized carbons (Fsp3) is 0.714. The van der Waals surface area contributed by atoms with Crippen molar-refractivity contribution in [1.29, 1.82) is 0 Å². The number of aromatic nitrogens is 1. The number of nitrogens with zero attached hydrogens (tertiary/aromatic N) is 1. The normalized spacial score (nSPS) is 18.4. The molecule has 1 fully saturated rings. The molecule has 1 atom stereocenters. The number of aryl methyl sites for hydroxylation is 1. The Morgan fingerprint density at radius 2 is 2.16 bits per heavy atom. The van der Waals surface area contributed by atoms with Crippen molar-refractivity contribution < 1.29 is 14.6 Å². The molecule has 1 N–H and O–H groups in total. The van der Waals surface area contributed by atoms with Crippen LogP contribution in [0.2, 0.25) is 0 Å². The number of hydrogen-bond acceptors (Lipinski definition) is 4. The van der Waals surface area contributed by atoms with Gasteiger partial charge in [-0.3, -0.25) is 0 Å². The predicted molar refractivity (Wildman–Crippen MR) is 74.8 cm³/mol. The summed E-state index contributed by atoms with van der Waals surface area (Å²) in [6.07, 6.45) is 6.07. The van der Waals surface area contributed by atoms with E-state index in [-0.39, 0.29) is 11.8 Å². The Hall–Kier alpha value is -0.940. The lowest BCUT2D eigenvalue weighted by Crippen LogP contribution is -2.19. The smallest absolute Gasteiger partial charge is 0.355 e. The van der Waals surface area contributed by atoms with Crippen LogP contribution in [0.25, 0.3) is 0 Å². The van der Waals surface area contributed by atoms with Crippen molar-refractivity contribution in [2.75, 3.05) is 6.61 Å². The first-order valence-corrected chi connectivity index (χ1v) is 7.77. The standard InChI is InChI=1S/C14H21NO3S/c1-3-18-12(10-7-5-4-6-8-10)13-15-11(14(16)17)9(2)19-13/h10,12H,3-8H2,1-2H3,(H,16,17). The van der Waals surface area contributed by atoms with Gasteiger partial charge in [-0.15, -0.1) is 11.3 Å². The van der Waals surface area contributed by atoms with E-state index >= 15 is 0 Å². The number of hydrogen-bond donors (Lipinski definition) is 1. The summed E-state index contributed by atoms with van der Waals surface area (Å²) in [5, 5.41) is 9.94. The predicted octanol–water partition coefficient (Wildman–Crippen LogP) is 3.81. The maximum atomic E-state index is 11.1. The van der Waals surface area contributed by atoms with E-state index in [1.807, 2.05) is 13.8 Å². The highest BCUT2D eigenvalue weighted by molar-refractivity contribution is 7.11. The zero-order chi connectivity index (χ0) is 13.8. The van der Waals surface area contributed by atoms with Crippen LogP contribution < -0.4 is 0 Å².